The molecule has 5 nitrogen and oxygen atoms in total. The Balaban J connectivity index is 1.47. The lowest BCUT2D eigenvalue weighted by Crippen LogP contribution is -2.48. The summed E-state index contributed by atoms with van der Waals surface area (Å²) >= 11 is 0. The lowest BCUT2D eigenvalue weighted by atomic mass is 10.1. The van der Waals surface area contributed by atoms with Gasteiger partial charge in [-0.2, -0.15) is 0 Å². The predicted molar refractivity (Wildman–Crippen MR) is 113 cm³/mol. The van der Waals surface area contributed by atoms with Gasteiger partial charge in [0.15, 0.2) is 0 Å². The van der Waals surface area contributed by atoms with Gasteiger partial charge in [-0.3, -0.25) is 4.90 Å². The molecule has 2 heterocycles. The van der Waals surface area contributed by atoms with E-state index < -0.39 is 0 Å². The van der Waals surface area contributed by atoms with Crippen LogP contribution in [0.2, 0.25) is 0 Å². The van der Waals surface area contributed by atoms with E-state index in [9.17, 15) is 0 Å². The summed E-state index contributed by atoms with van der Waals surface area (Å²) in [5.41, 5.74) is 2.52. The smallest absolute Gasteiger partial charge is 0.142 e. The van der Waals surface area contributed by atoms with Crippen molar-refractivity contribution < 1.29 is 4.74 Å². The first kappa shape index (κ1) is 18.6. The standard InChI is InChI=1S/C23H28N4O/c1-19-24-12-13-27(19)22(20-8-4-3-5-9-20)18-25-14-16-26(17-15-25)21-10-6-7-11-23(21)28-2/h3-13,22H,14-18H2,1-2H3. The number of aryl methyl sites for hydroxylation is 1. The molecule has 1 aliphatic heterocycles. The maximum atomic E-state index is 5.54. The van der Waals surface area contributed by atoms with E-state index >= 15 is 0 Å². The van der Waals surface area contributed by atoms with Crippen molar-refractivity contribution >= 4 is 5.69 Å². The molecule has 1 aliphatic rings. The molecule has 0 aliphatic carbocycles. The van der Waals surface area contributed by atoms with Crippen LogP contribution in [0.5, 0.6) is 5.75 Å². The highest BCUT2D eigenvalue weighted by Crippen LogP contribution is 2.29. The number of ether oxygens (including phenoxy) is 1. The number of hydrogen-bond donors (Lipinski definition) is 0. The van der Waals surface area contributed by atoms with Crippen molar-refractivity contribution in [2.24, 2.45) is 0 Å². The van der Waals surface area contributed by atoms with E-state index in [2.05, 4.69) is 74.9 Å². The first-order valence-electron chi connectivity index (χ1n) is 9.91. The van der Waals surface area contributed by atoms with Gasteiger partial charge in [-0.25, -0.2) is 4.98 Å². The molecule has 0 spiro atoms. The Morgan fingerprint density at radius 1 is 0.964 bits per heavy atom. The summed E-state index contributed by atoms with van der Waals surface area (Å²) in [4.78, 5) is 9.43. The van der Waals surface area contributed by atoms with Crippen LogP contribution in [0.25, 0.3) is 0 Å². The molecule has 5 heteroatoms. The van der Waals surface area contributed by atoms with Crippen molar-refractivity contribution in [1.82, 2.24) is 14.5 Å². The summed E-state index contributed by atoms with van der Waals surface area (Å²) in [7, 11) is 1.74. The molecule has 4 rings (SSSR count). The third-order valence-electron chi connectivity index (χ3n) is 5.61. The SMILES string of the molecule is COc1ccccc1N1CCN(CC(c2ccccc2)n2ccnc2C)CC1. The molecule has 1 unspecified atom stereocenters. The zero-order valence-corrected chi connectivity index (χ0v) is 16.7. The highest BCUT2D eigenvalue weighted by Gasteiger charge is 2.24. The van der Waals surface area contributed by atoms with Crippen LogP contribution < -0.4 is 9.64 Å². The molecular weight excluding hydrogens is 348 g/mol. The lowest BCUT2D eigenvalue weighted by Gasteiger charge is -2.38. The van der Waals surface area contributed by atoms with Gasteiger partial charge < -0.3 is 14.2 Å². The van der Waals surface area contributed by atoms with Crippen molar-refractivity contribution in [3.8, 4) is 5.75 Å². The molecule has 0 bridgehead atoms. The topological polar surface area (TPSA) is 33.5 Å². The summed E-state index contributed by atoms with van der Waals surface area (Å²) in [6, 6.07) is 19.3. The van der Waals surface area contributed by atoms with Gasteiger partial charge in [0.25, 0.3) is 0 Å². The molecule has 146 valence electrons. The fraction of sp³-hybridized carbons (Fsp3) is 0.348. The summed E-state index contributed by atoms with van der Waals surface area (Å²) in [5, 5.41) is 0. The van der Waals surface area contributed by atoms with Gasteiger partial charge in [0.1, 0.15) is 11.6 Å². The number of hydrogen-bond acceptors (Lipinski definition) is 4. The molecule has 2 aromatic carbocycles. The average Bonchev–Trinajstić information content (AvgIpc) is 3.18. The van der Waals surface area contributed by atoms with E-state index in [0.29, 0.717) is 0 Å². The zero-order valence-electron chi connectivity index (χ0n) is 16.7. The highest BCUT2D eigenvalue weighted by atomic mass is 16.5. The fourth-order valence-corrected chi connectivity index (χ4v) is 4.05. The molecule has 1 atom stereocenters. The quantitative estimate of drug-likeness (QED) is 0.658. The molecule has 28 heavy (non-hydrogen) atoms. The van der Waals surface area contributed by atoms with Crippen molar-refractivity contribution in [3.63, 3.8) is 0 Å². The molecular formula is C23H28N4O. The van der Waals surface area contributed by atoms with Gasteiger partial charge in [-0.15, -0.1) is 0 Å². The maximum absolute atomic E-state index is 5.54. The van der Waals surface area contributed by atoms with Crippen LogP contribution in [0, 0.1) is 6.92 Å². The number of anilines is 1. The minimum atomic E-state index is 0.279. The van der Waals surface area contributed by atoms with Crippen molar-refractivity contribution in [3.05, 3.63) is 78.4 Å². The van der Waals surface area contributed by atoms with Crippen molar-refractivity contribution in [1.29, 1.82) is 0 Å². The second-order valence-electron chi connectivity index (χ2n) is 7.27. The van der Waals surface area contributed by atoms with Crippen LogP contribution >= 0.6 is 0 Å². The number of methoxy groups -OCH3 is 1. The summed E-state index contributed by atoms with van der Waals surface area (Å²) in [6.07, 6.45) is 3.99. The zero-order chi connectivity index (χ0) is 19.3. The van der Waals surface area contributed by atoms with Crippen LogP contribution in [-0.4, -0.2) is 54.3 Å². The van der Waals surface area contributed by atoms with Crippen molar-refractivity contribution in [2.45, 2.75) is 13.0 Å². The molecule has 0 radical (unpaired) electrons. The molecule has 0 N–H and O–H groups in total. The average molecular weight is 377 g/mol. The highest BCUT2D eigenvalue weighted by molar-refractivity contribution is 5.58. The number of aromatic nitrogens is 2. The van der Waals surface area contributed by atoms with Gasteiger partial charge >= 0.3 is 0 Å². The van der Waals surface area contributed by atoms with Crippen LogP contribution in [0.4, 0.5) is 5.69 Å². The number of rotatable bonds is 6. The molecule has 0 saturated carbocycles. The van der Waals surface area contributed by atoms with Gasteiger partial charge in [0, 0.05) is 45.1 Å². The van der Waals surface area contributed by atoms with Gasteiger partial charge in [0.05, 0.1) is 18.8 Å². The summed E-state index contributed by atoms with van der Waals surface area (Å²) in [6.45, 7) is 7.15. The fourth-order valence-electron chi connectivity index (χ4n) is 4.05. The van der Waals surface area contributed by atoms with E-state index in [1.807, 2.05) is 18.3 Å². The number of nitrogens with zero attached hydrogens (tertiary/aromatic N) is 4. The van der Waals surface area contributed by atoms with Crippen molar-refractivity contribution in [2.75, 3.05) is 44.7 Å². The van der Waals surface area contributed by atoms with Gasteiger partial charge in [-0.05, 0) is 24.6 Å². The van der Waals surface area contributed by atoms with E-state index in [-0.39, 0.29) is 6.04 Å². The molecule has 0 amide bonds. The van der Waals surface area contributed by atoms with E-state index in [1.54, 1.807) is 7.11 Å². The minimum absolute atomic E-state index is 0.279. The normalized spacial score (nSPS) is 16.1. The largest absolute Gasteiger partial charge is 0.495 e. The van der Waals surface area contributed by atoms with Crippen LogP contribution in [-0.2, 0) is 0 Å². The third-order valence-corrected chi connectivity index (χ3v) is 5.61. The number of para-hydroxylation sites is 2. The van der Waals surface area contributed by atoms with E-state index in [0.717, 1.165) is 44.3 Å². The second-order valence-corrected chi connectivity index (χ2v) is 7.27. The summed E-state index contributed by atoms with van der Waals surface area (Å²) in [5.74, 6) is 2.01. The Bertz CT molecular complexity index is 884. The van der Waals surface area contributed by atoms with Crippen LogP contribution in [0.3, 0.4) is 0 Å². The Labute approximate surface area is 167 Å². The number of benzene rings is 2. The number of imidazole rings is 1. The van der Waals surface area contributed by atoms with E-state index in [1.165, 1.54) is 11.3 Å². The molecule has 1 saturated heterocycles. The Hall–Kier alpha value is -2.79. The number of piperazine rings is 1. The lowest BCUT2D eigenvalue weighted by molar-refractivity contribution is 0.231. The monoisotopic (exact) mass is 376 g/mol. The minimum Gasteiger partial charge on any atom is -0.495 e. The molecule has 1 aromatic heterocycles. The maximum Gasteiger partial charge on any atom is 0.142 e. The van der Waals surface area contributed by atoms with Gasteiger partial charge in [0.2, 0.25) is 0 Å². The van der Waals surface area contributed by atoms with E-state index in [4.69, 9.17) is 4.74 Å². The van der Waals surface area contributed by atoms with Gasteiger partial charge in [-0.1, -0.05) is 42.5 Å². The van der Waals surface area contributed by atoms with Crippen LogP contribution in [0.15, 0.2) is 67.0 Å². The predicted octanol–water partition coefficient (Wildman–Crippen LogP) is 3.61. The summed E-state index contributed by atoms with van der Waals surface area (Å²) < 4.78 is 7.84. The molecule has 1 fully saturated rings. The Kier molecular flexibility index (Phi) is 5.63. The first-order chi connectivity index (χ1) is 13.8. The Morgan fingerprint density at radius 3 is 2.36 bits per heavy atom. The molecule has 3 aromatic rings. The second kappa shape index (κ2) is 8.48. The van der Waals surface area contributed by atoms with Crippen LogP contribution in [0.1, 0.15) is 17.4 Å². The Morgan fingerprint density at radius 2 is 1.68 bits per heavy atom. The first-order valence-corrected chi connectivity index (χ1v) is 9.91. The third kappa shape index (κ3) is 3.90.